The van der Waals surface area contributed by atoms with Crippen LogP contribution in [-0.2, 0) is 0 Å². The first-order chi connectivity index (χ1) is 7.34. The Bertz CT molecular complexity index is 490. The maximum absolute atomic E-state index is 9.32. The van der Waals surface area contributed by atoms with Gasteiger partial charge in [0.1, 0.15) is 11.3 Å². The Kier molecular flexibility index (Phi) is 2.05. The van der Waals surface area contributed by atoms with Gasteiger partial charge in [0.15, 0.2) is 0 Å². The SMILES string of the molecule is Oc1ccc2c(c1)nnn2C1CCSC1. The zero-order valence-corrected chi connectivity index (χ0v) is 8.94. The molecular formula is C10H11N3OS. The molecule has 0 aliphatic carbocycles. The van der Waals surface area contributed by atoms with Gasteiger partial charge in [-0.3, -0.25) is 0 Å². The maximum atomic E-state index is 9.32. The number of rotatable bonds is 1. The molecule has 0 radical (unpaired) electrons. The Balaban J connectivity index is 2.11. The quantitative estimate of drug-likeness (QED) is 0.798. The van der Waals surface area contributed by atoms with Crippen LogP contribution in [0.1, 0.15) is 12.5 Å². The molecule has 4 nitrogen and oxygen atoms in total. The van der Waals surface area contributed by atoms with Crippen molar-refractivity contribution in [2.45, 2.75) is 12.5 Å². The molecule has 0 spiro atoms. The van der Waals surface area contributed by atoms with Crippen molar-refractivity contribution in [2.24, 2.45) is 0 Å². The third-order valence-corrected chi connectivity index (χ3v) is 3.85. The van der Waals surface area contributed by atoms with Crippen LogP contribution < -0.4 is 0 Å². The third kappa shape index (κ3) is 1.47. The molecule has 0 amide bonds. The van der Waals surface area contributed by atoms with E-state index in [9.17, 15) is 5.11 Å². The first-order valence-electron chi connectivity index (χ1n) is 4.96. The highest BCUT2D eigenvalue weighted by atomic mass is 32.2. The lowest BCUT2D eigenvalue weighted by Gasteiger charge is -2.08. The fourth-order valence-corrected chi connectivity index (χ4v) is 3.10. The van der Waals surface area contributed by atoms with Crippen molar-refractivity contribution < 1.29 is 5.11 Å². The molecule has 15 heavy (non-hydrogen) atoms. The molecule has 1 aromatic heterocycles. The highest BCUT2D eigenvalue weighted by Crippen LogP contribution is 2.30. The van der Waals surface area contributed by atoms with Crippen LogP contribution in [0.15, 0.2) is 18.2 Å². The smallest absolute Gasteiger partial charge is 0.117 e. The fraction of sp³-hybridized carbons (Fsp3) is 0.400. The largest absolute Gasteiger partial charge is 0.508 e. The van der Waals surface area contributed by atoms with Crippen molar-refractivity contribution in [3.63, 3.8) is 0 Å². The first-order valence-corrected chi connectivity index (χ1v) is 6.12. The minimum atomic E-state index is 0.246. The predicted molar refractivity (Wildman–Crippen MR) is 60.2 cm³/mol. The summed E-state index contributed by atoms with van der Waals surface area (Å²) in [4.78, 5) is 0. The van der Waals surface area contributed by atoms with Crippen LogP contribution in [0.4, 0.5) is 0 Å². The number of fused-ring (bicyclic) bond motifs is 1. The summed E-state index contributed by atoms with van der Waals surface area (Å²) in [5.41, 5.74) is 1.78. The summed E-state index contributed by atoms with van der Waals surface area (Å²) in [7, 11) is 0. The molecule has 1 unspecified atom stereocenters. The van der Waals surface area contributed by atoms with E-state index in [4.69, 9.17) is 0 Å². The normalized spacial score (nSPS) is 21.2. The van der Waals surface area contributed by atoms with E-state index in [1.807, 2.05) is 22.5 Å². The van der Waals surface area contributed by atoms with E-state index >= 15 is 0 Å². The van der Waals surface area contributed by atoms with E-state index in [2.05, 4.69) is 10.3 Å². The van der Waals surface area contributed by atoms with Gasteiger partial charge in [0, 0.05) is 11.8 Å². The molecule has 3 rings (SSSR count). The van der Waals surface area contributed by atoms with Crippen molar-refractivity contribution in [1.29, 1.82) is 0 Å². The van der Waals surface area contributed by atoms with Crippen molar-refractivity contribution in [3.8, 4) is 5.75 Å². The third-order valence-electron chi connectivity index (χ3n) is 2.71. The summed E-state index contributed by atoms with van der Waals surface area (Å²) < 4.78 is 1.98. The minimum absolute atomic E-state index is 0.246. The van der Waals surface area contributed by atoms with Crippen molar-refractivity contribution in [1.82, 2.24) is 15.0 Å². The molecule has 1 atom stereocenters. The van der Waals surface area contributed by atoms with Crippen LogP contribution in [-0.4, -0.2) is 31.6 Å². The van der Waals surface area contributed by atoms with Crippen LogP contribution in [0.5, 0.6) is 5.75 Å². The number of aromatic hydroxyl groups is 1. The van der Waals surface area contributed by atoms with Gasteiger partial charge in [0.2, 0.25) is 0 Å². The molecule has 1 aliphatic rings. The van der Waals surface area contributed by atoms with Gasteiger partial charge in [-0.2, -0.15) is 11.8 Å². The second-order valence-electron chi connectivity index (χ2n) is 3.72. The number of aromatic nitrogens is 3. The number of hydrogen-bond acceptors (Lipinski definition) is 4. The summed E-state index contributed by atoms with van der Waals surface area (Å²) in [6.07, 6.45) is 1.16. The lowest BCUT2D eigenvalue weighted by molar-refractivity contribution is 0.476. The summed E-state index contributed by atoms with van der Waals surface area (Å²) in [6.45, 7) is 0. The van der Waals surface area contributed by atoms with Gasteiger partial charge in [-0.1, -0.05) is 5.21 Å². The van der Waals surface area contributed by atoms with Crippen molar-refractivity contribution in [2.75, 3.05) is 11.5 Å². The standard InChI is InChI=1S/C10H11N3OS/c14-8-1-2-10-9(5-8)11-12-13(10)7-3-4-15-6-7/h1-2,5,7,14H,3-4,6H2. The lowest BCUT2D eigenvalue weighted by atomic mass is 10.2. The van der Waals surface area contributed by atoms with E-state index < -0.39 is 0 Å². The van der Waals surface area contributed by atoms with Gasteiger partial charge >= 0.3 is 0 Å². The number of benzene rings is 1. The molecule has 78 valence electrons. The fourth-order valence-electron chi connectivity index (χ4n) is 1.91. The van der Waals surface area contributed by atoms with E-state index in [-0.39, 0.29) is 5.75 Å². The maximum Gasteiger partial charge on any atom is 0.117 e. The number of phenols is 1. The molecule has 1 aliphatic heterocycles. The van der Waals surface area contributed by atoms with Crippen LogP contribution in [0.25, 0.3) is 11.0 Å². The van der Waals surface area contributed by atoms with E-state index in [1.165, 1.54) is 5.75 Å². The highest BCUT2D eigenvalue weighted by Gasteiger charge is 2.20. The summed E-state index contributed by atoms with van der Waals surface area (Å²) in [5.74, 6) is 2.55. The van der Waals surface area contributed by atoms with Gasteiger partial charge < -0.3 is 5.11 Å². The molecule has 2 aromatic rings. The van der Waals surface area contributed by atoms with E-state index in [1.54, 1.807) is 12.1 Å². The molecule has 1 aromatic carbocycles. The molecule has 2 heterocycles. The van der Waals surface area contributed by atoms with Crippen LogP contribution in [0.2, 0.25) is 0 Å². The molecule has 1 fully saturated rings. The van der Waals surface area contributed by atoms with Gasteiger partial charge in [-0.05, 0) is 24.3 Å². The second-order valence-corrected chi connectivity index (χ2v) is 4.87. The lowest BCUT2D eigenvalue weighted by Crippen LogP contribution is -2.09. The monoisotopic (exact) mass is 221 g/mol. The molecule has 0 saturated carbocycles. The van der Waals surface area contributed by atoms with E-state index in [0.717, 1.165) is 23.2 Å². The Morgan fingerprint density at radius 3 is 3.20 bits per heavy atom. The van der Waals surface area contributed by atoms with Gasteiger partial charge in [-0.25, -0.2) is 4.68 Å². The molecule has 5 heteroatoms. The zero-order valence-electron chi connectivity index (χ0n) is 8.13. The minimum Gasteiger partial charge on any atom is -0.508 e. The first kappa shape index (κ1) is 9.03. The van der Waals surface area contributed by atoms with Gasteiger partial charge in [0.05, 0.1) is 11.6 Å². The molecule has 1 N–H and O–H groups in total. The molecule has 1 saturated heterocycles. The number of thioether (sulfide) groups is 1. The molecule has 0 bridgehead atoms. The second kappa shape index (κ2) is 3.41. The van der Waals surface area contributed by atoms with Crippen LogP contribution >= 0.6 is 11.8 Å². The summed E-state index contributed by atoms with van der Waals surface area (Å²) in [6, 6.07) is 5.68. The average Bonchev–Trinajstić information content (AvgIpc) is 2.82. The van der Waals surface area contributed by atoms with Crippen LogP contribution in [0, 0.1) is 0 Å². The molecular weight excluding hydrogens is 210 g/mol. The van der Waals surface area contributed by atoms with Crippen molar-refractivity contribution in [3.05, 3.63) is 18.2 Å². The zero-order chi connectivity index (χ0) is 10.3. The summed E-state index contributed by atoms with van der Waals surface area (Å²) in [5, 5.41) is 17.6. The number of phenolic OH excluding ortho intramolecular Hbond substituents is 1. The van der Waals surface area contributed by atoms with Gasteiger partial charge in [0.25, 0.3) is 0 Å². The van der Waals surface area contributed by atoms with Crippen LogP contribution in [0.3, 0.4) is 0 Å². The topological polar surface area (TPSA) is 50.9 Å². The number of nitrogens with zero attached hydrogens (tertiary/aromatic N) is 3. The Morgan fingerprint density at radius 2 is 2.40 bits per heavy atom. The van der Waals surface area contributed by atoms with Crippen molar-refractivity contribution >= 4 is 22.8 Å². The van der Waals surface area contributed by atoms with E-state index in [0.29, 0.717) is 6.04 Å². The Morgan fingerprint density at radius 1 is 1.47 bits per heavy atom. The summed E-state index contributed by atoms with van der Waals surface area (Å²) >= 11 is 1.95. The Labute approximate surface area is 91.3 Å². The average molecular weight is 221 g/mol. The number of hydrogen-bond donors (Lipinski definition) is 1. The van der Waals surface area contributed by atoms with Gasteiger partial charge in [-0.15, -0.1) is 5.10 Å². The Hall–Kier alpha value is -1.23. The highest BCUT2D eigenvalue weighted by molar-refractivity contribution is 7.99. The predicted octanol–water partition coefficient (Wildman–Crippen LogP) is 1.81.